The molecule has 2 fully saturated rings. The lowest BCUT2D eigenvalue weighted by molar-refractivity contribution is -0.139. The van der Waals surface area contributed by atoms with Crippen LogP contribution in [0.3, 0.4) is 0 Å². The first-order valence-corrected chi connectivity index (χ1v) is 15.1. The van der Waals surface area contributed by atoms with Gasteiger partial charge in [-0.1, -0.05) is 24.3 Å². The lowest BCUT2D eigenvalue weighted by Gasteiger charge is -2.26. The Labute approximate surface area is 240 Å². The van der Waals surface area contributed by atoms with E-state index in [0.717, 1.165) is 34.7 Å². The molecule has 2 aromatic rings. The SMILES string of the molecule is Cc1ncsc1-c1ccc([C@H](CO)NC(=O)[C@@H]2CCCN2C(=O)CNC(=O)CCOCCCN2CCCC2)cc1. The molecule has 0 saturated carbocycles. The van der Waals surface area contributed by atoms with Crippen molar-refractivity contribution in [2.45, 2.75) is 57.5 Å². The second-order valence-corrected chi connectivity index (χ2v) is 11.3. The molecule has 3 heterocycles. The molecule has 2 aliphatic heterocycles. The van der Waals surface area contributed by atoms with Crippen molar-refractivity contribution >= 4 is 29.1 Å². The van der Waals surface area contributed by atoms with Gasteiger partial charge in [0.05, 0.1) is 41.9 Å². The Balaban J connectivity index is 1.18. The first-order chi connectivity index (χ1) is 19.5. The van der Waals surface area contributed by atoms with Crippen molar-refractivity contribution in [1.82, 2.24) is 25.4 Å². The summed E-state index contributed by atoms with van der Waals surface area (Å²) in [7, 11) is 0. The third-order valence-electron chi connectivity index (χ3n) is 7.57. The summed E-state index contributed by atoms with van der Waals surface area (Å²) in [6.45, 7) is 6.31. The highest BCUT2D eigenvalue weighted by molar-refractivity contribution is 7.13. The van der Waals surface area contributed by atoms with E-state index in [1.165, 1.54) is 30.8 Å². The number of thiazole rings is 1. The number of likely N-dealkylation sites (tertiary alicyclic amines) is 2. The molecular formula is C29H41N5O5S. The van der Waals surface area contributed by atoms with Crippen LogP contribution >= 0.6 is 11.3 Å². The molecular weight excluding hydrogens is 530 g/mol. The van der Waals surface area contributed by atoms with Crippen molar-refractivity contribution in [3.63, 3.8) is 0 Å². The van der Waals surface area contributed by atoms with Gasteiger partial charge in [0.2, 0.25) is 17.7 Å². The van der Waals surface area contributed by atoms with Crippen LogP contribution in [-0.2, 0) is 19.1 Å². The number of aliphatic hydroxyl groups is 1. The number of nitrogens with zero attached hydrogens (tertiary/aromatic N) is 3. The van der Waals surface area contributed by atoms with Gasteiger partial charge in [-0.25, -0.2) is 4.98 Å². The Morgan fingerprint density at radius 2 is 1.90 bits per heavy atom. The maximum atomic E-state index is 13.1. The van der Waals surface area contributed by atoms with Crippen LogP contribution in [0.2, 0.25) is 0 Å². The quantitative estimate of drug-likeness (QED) is 0.297. The van der Waals surface area contributed by atoms with Crippen LogP contribution in [0, 0.1) is 6.92 Å². The number of aryl methyl sites for hydroxylation is 1. The zero-order valence-electron chi connectivity index (χ0n) is 23.3. The maximum Gasteiger partial charge on any atom is 0.243 e. The van der Waals surface area contributed by atoms with Crippen molar-refractivity contribution in [1.29, 1.82) is 0 Å². The number of carbonyl (C=O) groups is 3. The van der Waals surface area contributed by atoms with Gasteiger partial charge in [0.15, 0.2) is 0 Å². The number of benzene rings is 1. The lowest BCUT2D eigenvalue weighted by atomic mass is 10.0. The third kappa shape index (κ3) is 8.33. The second-order valence-electron chi connectivity index (χ2n) is 10.4. The molecule has 0 radical (unpaired) electrons. The molecule has 40 heavy (non-hydrogen) atoms. The molecule has 3 N–H and O–H groups in total. The number of amides is 3. The Hall–Kier alpha value is -2.86. The normalized spacial score (nSPS) is 18.1. The van der Waals surface area contributed by atoms with Gasteiger partial charge >= 0.3 is 0 Å². The molecule has 0 spiro atoms. The number of rotatable bonds is 14. The Morgan fingerprint density at radius 3 is 2.60 bits per heavy atom. The van der Waals surface area contributed by atoms with Crippen LogP contribution in [0.4, 0.5) is 0 Å². The summed E-state index contributed by atoms with van der Waals surface area (Å²) in [5.41, 5.74) is 4.58. The van der Waals surface area contributed by atoms with Gasteiger partial charge in [-0.05, 0) is 63.2 Å². The van der Waals surface area contributed by atoms with Gasteiger partial charge in [0.25, 0.3) is 0 Å². The fraction of sp³-hybridized carbons (Fsp3) is 0.586. The van der Waals surface area contributed by atoms with E-state index in [1.54, 1.807) is 11.3 Å². The minimum atomic E-state index is -0.628. The number of aliphatic hydroxyl groups excluding tert-OH is 1. The van der Waals surface area contributed by atoms with E-state index in [2.05, 4.69) is 20.5 Å². The zero-order valence-corrected chi connectivity index (χ0v) is 24.1. The zero-order chi connectivity index (χ0) is 28.3. The van der Waals surface area contributed by atoms with E-state index in [1.807, 2.05) is 36.7 Å². The predicted molar refractivity (Wildman–Crippen MR) is 154 cm³/mol. The van der Waals surface area contributed by atoms with Gasteiger partial charge in [0, 0.05) is 26.1 Å². The topological polar surface area (TPSA) is 124 Å². The van der Waals surface area contributed by atoms with E-state index in [4.69, 9.17) is 4.74 Å². The molecule has 4 rings (SSSR count). The Bertz CT molecular complexity index is 1120. The molecule has 218 valence electrons. The highest BCUT2D eigenvalue weighted by Gasteiger charge is 2.35. The Kier molecular flexibility index (Phi) is 11.5. The average Bonchev–Trinajstić information content (AvgIpc) is 3.75. The minimum Gasteiger partial charge on any atom is -0.394 e. The highest BCUT2D eigenvalue weighted by Crippen LogP contribution is 2.28. The van der Waals surface area contributed by atoms with Gasteiger partial charge < -0.3 is 30.3 Å². The molecule has 2 aliphatic rings. The minimum absolute atomic E-state index is 0.153. The monoisotopic (exact) mass is 571 g/mol. The molecule has 10 nitrogen and oxygen atoms in total. The summed E-state index contributed by atoms with van der Waals surface area (Å²) in [6.07, 6.45) is 4.94. The summed E-state index contributed by atoms with van der Waals surface area (Å²) in [5, 5.41) is 15.6. The van der Waals surface area contributed by atoms with Crippen LogP contribution < -0.4 is 10.6 Å². The number of aromatic nitrogens is 1. The van der Waals surface area contributed by atoms with E-state index in [0.29, 0.717) is 32.6 Å². The number of nitrogens with one attached hydrogen (secondary N) is 2. The maximum absolute atomic E-state index is 13.1. The first kappa shape index (κ1) is 30.1. The van der Waals surface area contributed by atoms with Crippen molar-refractivity contribution in [2.24, 2.45) is 0 Å². The van der Waals surface area contributed by atoms with Crippen molar-refractivity contribution in [3.8, 4) is 10.4 Å². The van der Waals surface area contributed by atoms with Crippen molar-refractivity contribution < 1.29 is 24.2 Å². The molecule has 2 atom stereocenters. The van der Waals surface area contributed by atoms with Crippen LogP contribution in [0.5, 0.6) is 0 Å². The third-order valence-corrected chi connectivity index (χ3v) is 8.55. The molecule has 1 aromatic carbocycles. The average molecular weight is 572 g/mol. The lowest BCUT2D eigenvalue weighted by Crippen LogP contribution is -2.50. The van der Waals surface area contributed by atoms with Crippen LogP contribution in [0.15, 0.2) is 29.8 Å². The fourth-order valence-electron chi connectivity index (χ4n) is 5.31. The highest BCUT2D eigenvalue weighted by atomic mass is 32.1. The molecule has 2 saturated heterocycles. The van der Waals surface area contributed by atoms with Gasteiger partial charge in [0.1, 0.15) is 6.04 Å². The molecule has 3 amide bonds. The van der Waals surface area contributed by atoms with Crippen LogP contribution in [0.25, 0.3) is 10.4 Å². The summed E-state index contributed by atoms with van der Waals surface area (Å²) < 4.78 is 5.58. The van der Waals surface area contributed by atoms with Crippen LogP contribution in [0.1, 0.15) is 55.8 Å². The molecule has 0 unspecified atom stereocenters. The summed E-state index contributed by atoms with van der Waals surface area (Å²) in [4.78, 5) is 47.5. The molecule has 1 aromatic heterocycles. The molecule has 11 heteroatoms. The van der Waals surface area contributed by atoms with Gasteiger partial charge in [-0.3, -0.25) is 14.4 Å². The second kappa shape index (κ2) is 15.2. The largest absolute Gasteiger partial charge is 0.394 e. The first-order valence-electron chi connectivity index (χ1n) is 14.2. The van der Waals surface area contributed by atoms with Crippen molar-refractivity contribution in [3.05, 3.63) is 41.0 Å². The van der Waals surface area contributed by atoms with Crippen molar-refractivity contribution in [2.75, 3.05) is 52.5 Å². The number of hydrogen-bond acceptors (Lipinski definition) is 8. The fourth-order valence-corrected chi connectivity index (χ4v) is 6.13. The summed E-state index contributed by atoms with van der Waals surface area (Å²) in [6, 6.07) is 6.48. The standard InChI is InChI=1S/C29H41N5O5S/c1-21-28(40-20-31-21)23-9-7-22(8-10-23)24(19-35)32-29(38)25-6-4-15-34(25)27(37)18-30-26(36)11-17-39-16-5-14-33-12-2-3-13-33/h7-10,20,24-25,35H,2-6,11-19H2,1H3,(H,30,36)(H,32,38)/t24-,25-/m0/s1. The summed E-state index contributed by atoms with van der Waals surface area (Å²) in [5.74, 6) is -0.839. The van der Waals surface area contributed by atoms with E-state index in [9.17, 15) is 19.5 Å². The number of carbonyl (C=O) groups excluding carboxylic acids is 3. The van der Waals surface area contributed by atoms with Crippen LogP contribution in [-0.4, -0.2) is 96.2 Å². The van der Waals surface area contributed by atoms with E-state index < -0.39 is 12.1 Å². The Morgan fingerprint density at radius 1 is 1.12 bits per heavy atom. The number of hydrogen-bond donors (Lipinski definition) is 3. The summed E-state index contributed by atoms with van der Waals surface area (Å²) >= 11 is 1.57. The number of ether oxygens (including phenoxy) is 1. The molecule has 0 aliphatic carbocycles. The predicted octanol–water partition coefficient (Wildman–Crippen LogP) is 2.27. The van der Waals surface area contributed by atoms with Gasteiger partial charge in [-0.2, -0.15) is 0 Å². The molecule has 0 bridgehead atoms. The smallest absolute Gasteiger partial charge is 0.243 e. The van der Waals surface area contributed by atoms with E-state index >= 15 is 0 Å². The van der Waals surface area contributed by atoms with Gasteiger partial charge in [-0.15, -0.1) is 11.3 Å². The van der Waals surface area contributed by atoms with E-state index in [-0.39, 0.29) is 37.3 Å².